The molecule has 18 heavy (non-hydrogen) atoms. The van der Waals surface area contributed by atoms with E-state index in [2.05, 4.69) is 10.2 Å². The Labute approximate surface area is 113 Å². The third kappa shape index (κ3) is 3.11. The average molecular weight is 284 g/mol. The maximum Gasteiger partial charge on any atom is 0.208 e. The minimum atomic E-state index is -0.376. The number of anilines is 2. The van der Waals surface area contributed by atoms with Crippen molar-refractivity contribution in [2.45, 2.75) is 10.1 Å². The molecule has 0 saturated heterocycles. The summed E-state index contributed by atoms with van der Waals surface area (Å²) in [5, 5.41) is 8.97. The zero-order chi connectivity index (χ0) is 13.1. The van der Waals surface area contributed by atoms with Gasteiger partial charge in [-0.25, -0.2) is 4.39 Å². The lowest BCUT2D eigenvalue weighted by Gasteiger charge is -2.04. The number of thioether (sulfide) groups is 1. The van der Waals surface area contributed by atoms with E-state index in [1.165, 1.54) is 29.2 Å². The van der Waals surface area contributed by atoms with Crippen LogP contribution >= 0.6 is 23.1 Å². The van der Waals surface area contributed by atoms with Gasteiger partial charge in [0.05, 0.1) is 5.69 Å². The molecule has 0 atom stereocenters. The molecule has 0 unspecified atom stereocenters. The molecule has 1 heterocycles. The zero-order valence-electron chi connectivity index (χ0n) is 10.1. The molecule has 0 spiro atoms. The third-order valence-electron chi connectivity index (χ3n) is 2.21. The number of rotatable bonds is 4. The number of hydrogen-bond donors (Lipinski definition) is 1. The van der Waals surface area contributed by atoms with Gasteiger partial charge in [-0.2, -0.15) is 0 Å². The standard InChI is InChI=1S/C11H13FN4S2/c1-16(2)10-14-15-11(18-10)17-6-7-3-4-9(13)8(12)5-7/h3-5H,6,13H2,1-2H3. The van der Waals surface area contributed by atoms with Crippen LogP contribution in [0, 0.1) is 5.82 Å². The van der Waals surface area contributed by atoms with E-state index >= 15 is 0 Å². The van der Waals surface area contributed by atoms with E-state index in [0.29, 0.717) is 5.75 Å². The molecule has 7 heteroatoms. The van der Waals surface area contributed by atoms with E-state index in [-0.39, 0.29) is 11.5 Å². The molecule has 2 rings (SSSR count). The first-order valence-corrected chi connectivity index (χ1v) is 7.04. The molecule has 0 saturated carbocycles. The Balaban J connectivity index is 2.00. The minimum Gasteiger partial charge on any atom is -0.396 e. The van der Waals surface area contributed by atoms with E-state index in [4.69, 9.17) is 5.73 Å². The molecular formula is C11H13FN4S2. The number of nitrogens with zero attached hydrogens (tertiary/aromatic N) is 3. The molecular weight excluding hydrogens is 271 g/mol. The summed E-state index contributed by atoms with van der Waals surface area (Å²) in [6.45, 7) is 0. The predicted octanol–water partition coefficient (Wildman–Crippen LogP) is 2.62. The van der Waals surface area contributed by atoms with Gasteiger partial charge in [0.15, 0.2) is 4.34 Å². The van der Waals surface area contributed by atoms with Gasteiger partial charge in [0.25, 0.3) is 0 Å². The van der Waals surface area contributed by atoms with Crippen LogP contribution in [0.15, 0.2) is 22.5 Å². The summed E-state index contributed by atoms with van der Waals surface area (Å²) in [6.07, 6.45) is 0. The molecule has 0 aliphatic heterocycles. The number of nitrogens with two attached hydrogens (primary N) is 1. The van der Waals surface area contributed by atoms with Crippen LogP contribution in [0.2, 0.25) is 0 Å². The highest BCUT2D eigenvalue weighted by atomic mass is 32.2. The number of hydrogen-bond acceptors (Lipinski definition) is 6. The molecule has 0 radical (unpaired) electrons. The van der Waals surface area contributed by atoms with E-state index in [1.54, 1.807) is 6.07 Å². The lowest BCUT2D eigenvalue weighted by atomic mass is 10.2. The lowest BCUT2D eigenvalue weighted by molar-refractivity contribution is 0.631. The van der Waals surface area contributed by atoms with Crippen LogP contribution in [-0.4, -0.2) is 24.3 Å². The van der Waals surface area contributed by atoms with Crippen LogP contribution in [0.1, 0.15) is 5.56 Å². The quantitative estimate of drug-likeness (QED) is 0.691. The van der Waals surface area contributed by atoms with Crippen molar-refractivity contribution in [3.05, 3.63) is 29.6 Å². The highest BCUT2D eigenvalue weighted by molar-refractivity contribution is 8.00. The van der Waals surface area contributed by atoms with E-state index in [9.17, 15) is 4.39 Å². The van der Waals surface area contributed by atoms with Crippen molar-refractivity contribution >= 4 is 33.9 Å². The molecule has 0 aliphatic rings. The Kier molecular flexibility index (Phi) is 4.03. The van der Waals surface area contributed by atoms with Gasteiger partial charge in [-0.3, -0.25) is 0 Å². The van der Waals surface area contributed by atoms with Crippen LogP contribution in [-0.2, 0) is 5.75 Å². The van der Waals surface area contributed by atoms with Crippen LogP contribution in [0.4, 0.5) is 15.2 Å². The fourth-order valence-corrected chi connectivity index (χ4v) is 2.95. The van der Waals surface area contributed by atoms with Gasteiger partial charge in [-0.1, -0.05) is 29.2 Å². The first-order valence-electron chi connectivity index (χ1n) is 5.24. The first-order chi connectivity index (χ1) is 8.56. The molecule has 1 aromatic carbocycles. The van der Waals surface area contributed by atoms with Crippen LogP contribution in [0.5, 0.6) is 0 Å². The molecule has 0 amide bonds. The summed E-state index contributed by atoms with van der Waals surface area (Å²) >= 11 is 3.05. The van der Waals surface area contributed by atoms with Crippen molar-refractivity contribution in [3.8, 4) is 0 Å². The second-order valence-corrected chi connectivity index (χ2v) is 6.07. The summed E-state index contributed by atoms with van der Waals surface area (Å²) in [5.41, 5.74) is 6.48. The summed E-state index contributed by atoms with van der Waals surface area (Å²) < 4.78 is 14.1. The molecule has 96 valence electrons. The number of nitrogen functional groups attached to an aromatic ring is 1. The highest BCUT2D eigenvalue weighted by Crippen LogP contribution is 2.29. The van der Waals surface area contributed by atoms with Crippen molar-refractivity contribution in [3.63, 3.8) is 0 Å². The van der Waals surface area contributed by atoms with Crippen LogP contribution in [0.3, 0.4) is 0 Å². The van der Waals surface area contributed by atoms with Crippen molar-refractivity contribution in [2.24, 2.45) is 0 Å². The van der Waals surface area contributed by atoms with Gasteiger partial charge < -0.3 is 10.6 Å². The number of halogens is 1. The van der Waals surface area contributed by atoms with Gasteiger partial charge in [-0.15, -0.1) is 10.2 Å². The Morgan fingerprint density at radius 3 is 2.78 bits per heavy atom. The highest BCUT2D eigenvalue weighted by Gasteiger charge is 2.07. The summed E-state index contributed by atoms with van der Waals surface area (Å²) in [6, 6.07) is 4.85. The van der Waals surface area contributed by atoms with Crippen LogP contribution in [0.25, 0.3) is 0 Å². The normalized spacial score (nSPS) is 10.6. The molecule has 2 N–H and O–H groups in total. The Bertz CT molecular complexity index is 542. The molecule has 1 aromatic heterocycles. The second-order valence-electron chi connectivity index (χ2n) is 3.89. The lowest BCUT2D eigenvalue weighted by Crippen LogP contribution is -2.07. The monoisotopic (exact) mass is 284 g/mol. The van der Waals surface area contributed by atoms with Crippen LogP contribution < -0.4 is 10.6 Å². The number of benzene rings is 1. The Morgan fingerprint density at radius 1 is 1.39 bits per heavy atom. The second kappa shape index (κ2) is 5.53. The molecule has 0 fully saturated rings. The minimum absolute atomic E-state index is 0.176. The average Bonchev–Trinajstić information content (AvgIpc) is 2.79. The third-order valence-corrected chi connectivity index (χ3v) is 4.50. The van der Waals surface area contributed by atoms with E-state index in [1.807, 2.05) is 25.1 Å². The fourth-order valence-electron chi connectivity index (χ4n) is 1.25. The van der Waals surface area contributed by atoms with E-state index in [0.717, 1.165) is 15.0 Å². The molecule has 0 bridgehead atoms. The van der Waals surface area contributed by atoms with Gasteiger partial charge in [0, 0.05) is 19.8 Å². The SMILES string of the molecule is CN(C)c1nnc(SCc2ccc(N)c(F)c2)s1. The van der Waals surface area contributed by atoms with Crippen molar-refractivity contribution < 1.29 is 4.39 Å². The van der Waals surface area contributed by atoms with Gasteiger partial charge in [0.1, 0.15) is 5.82 Å². The first kappa shape index (κ1) is 13.1. The van der Waals surface area contributed by atoms with Gasteiger partial charge >= 0.3 is 0 Å². The summed E-state index contributed by atoms with van der Waals surface area (Å²) in [4.78, 5) is 1.91. The van der Waals surface area contributed by atoms with Crippen molar-refractivity contribution in [1.29, 1.82) is 0 Å². The Hall–Kier alpha value is -1.34. The fraction of sp³-hybridized carbons (Fsp3) is 0.273. The van der Waals surface area contributed by atoms with Crippen molar-refractivity contribution in [2.75, 3.05) is 24.7 Å². The summed E-state index contributed by atoms with van der Waals surface area (Å²) in [7, 11) is 3.84. The number of aromatic nitrogens is 2. The molecule has 0 aliphatic carbocycles. The summed E-state index contributed by atoms with van der Waals surface area (Å²) in [5.74, 6) is 0.276. The van der Waals surface area contributed by atoms with E-state index < -0.39 is 0 Å². The van der Waals surface area contributed by atoms with Gasteiger partial charge in [0.2, 0.25) is 5.13 Å². The topological polar surface area (TPSA) is 55.0 Å². The largest absolute Gasteiger partial charge is 0.396 e. The smallest absolute Gasteiger partial charge is 0.208 e. The Morgan fingerprint density at radius 2 is 2.17 bits per heavy atom. The van der Waals surface area contributed by atoms with Gasteiger partial charge in [-0.05, 0) is 17.7 Å². The predicted molar refractivity (Wildman–Crippen MR) is 74.6 cm³/mol. The molecule has 4 nitrogen and oxygen atoms in total. The molecule has 2 aromatic rings. The maximum atomic E-state index is 13.2. The maximum absolute atomic E-state index is 13.2. The van der Waals surface area contributed by atoms with Crippen molar-refractivity contribution in [1.82, 2.24) is 10.2 Å². The zero-order valence-corrected chi connectivity index (χ0v) is 11.7.